The minimum Gasteiger partial charge on any atom is -0.381 e. The minimum absolute atomic E-state index is 0.302. The lowest BCUT2D eigenvalue weighted by molar-refractivity contribution is 0.823. The van der Waals surface area contributed by atoms with Gasteiger partial charge in [-0.3, -0.25) is 0 Å². The summed E-state index contributed by atoms with van der Waals surface area (Å²) < 4.78 is 0. The van der Waals surface area contributed by atoms with Crippen LogP contribution in [-0.2, 0) is 6.42 Å². The van der Waals surface area contributed by atoms with Gasteiger partial charge in [-0.25, -0.2) is 9.97 Å². The molecule has 0 bridgehead atoms. The summed E-state index contributed by atoms with van der Waals surface area (Å²) in [7, 11) is 0. The lowest BCUT2D eigenvalue weighted by atomic mass is 10.2. The van der Waals surface area contributed by atoms with Crippen molar-refractivity contribution in [2.45, 2.75) is 26.3 Å². The van der Waals surface area contributed by atoms with Gasteiger partial charge < -0.3 is 10.6 Å². The molecule has 0 amide bonds. The van der Waals surface area contributed by atoms with E-state index in [2.05, 4.69) is 46.6 Å². The zero-order valence-corrected chi connectivity index (χ0v) is 11.4. The Morgan fingerprint density at radius 2 is 1.95 bits per heavy atom. The number of anilines is 2. The highest BCUT2D eigenvalue weighted by molar-refractivity contribution is 5.43. The van der Waals surface area contributed by atoms with Crippen molar-refractivity contribution in [3.8, 4) is 0 Å². The van der Waals surface area contributed by atoms with Crippen LogP contribution >= 0.6 is 0 Å². The Bertz CT molecular complexity index is 499. The number of para-hydroxylation sites is 1. The van der Waals surface area contributed by atoms with Gasteiger partial charge in [-0.05, 0) is 31.5 Å². The molecule has 2 rings (SSSR count). The van der Waals surface area contributed by atoms with Gasteiger partial charge in [0.15, 0.2) is 0 Å². The number of hydrogen-bond acceptors (Lipinski definition) is 4. The highest BCUT2D eigenvalue weighted by Crippen LogP contribution is 2.07. The third-order valence-electron chi connectivity index (χ3n) is 2.83. The Labute approximate surface area is 114 Å². The molecule has 4 heteroatoms. The maximum Gasteiger partial charge on any atom is 0.222 e. The van der Waals surface area contributed by atoms with Gasteiger partial charge >= 0.3 is 0 Å². The van der Waals surface area contributed by atoms with E-state index < -0.39 is 0 Å². The van der Waals surface area contributed by atoms with Crippen LogP contribution in [0.3, 0.4) is 0 Å². The summed E-state index contributed by atoms with van der Waals surface area (Å²) in [6.07, 6.45) is 2.72. The van der Waals surface area contributed by atoms with E-state index in [1.54, 1.807) is 6.20 Å². The van der Waals surface area contributed by atoms with Crippen LogP contribution in [0.5, 0.6) is 0 Å². The molecule has 1 aromatic carbocycles. The van der Waals surface area contributed by atoms with Crippen molar-refractivity contribution < 1.29 is 0 Å². The molecule has 0 aliphatic heterocycles. The van der Waals surface area contributed by atoms with Crippen LogP contribution in [0.4, 0.5) is 11.6 Å². The predicted molar refractivity (Wildman–Crippen MR) is 79.4 cm³/mol. The lowest BCUT2D eigenvalue weighted by Gasteiger charge is -2.16. The molecule has 1 heterocycles. The number of rotatable bonds is 6. The average Bonchev–Trinajstić information content (AvgIpc) is 2.46. The van der Waals surface area contributed by atoms with E-state index in [1.807, 2.05) is 24.3 Å². The molecule has 2 N–H and O–H groups in total. The lowest BCUT2D eigenvalue weighted by Crippen LogP contribution is -2.25. The monoisotopic (exact) mass is 256 g/mol. The first-order valence-electron chi connectivity index (χ1n) is 6.65. The van der Waals surface area contributed by atoms with Gasteiger partial charge in [-0.2, -0.15) is 0 Å². The number of aromatic nitrogens is 2. The van der Waals surface area contributed by atoms with Crippen LogP contribution < -0.4 is 10.6 Å². The van der Waals surface area contributed by atoms with Crippen LogP contribution in [0.1, 0.15) is 19.5 Å². The van der Waals surface area contributed by atoms with Gasteiger partial charge in [-0.15, -0.1) is 0 Å². The molecule has 0 saturated carbocycles. The van der Waals surface area contributed by atoms with Crippen LogP contribution in [0, 0.1) is 0 Å². The van der Waals surface area contributed by atoms with Gasteiger partial charge in [0.05, 0.1) is 0 Å². The van der Waals surface area contributed by atoms with Crippen molar-refractivity contribution in [3.05, 3.63) is 48.3 Å². The molecule has 0 spiro atoms. The van der Waals surface area contributed by atoms with Crippen molar-refractivity contribution in [1.29, 1.82) is 0 Å². The quantitative estimate of drug-likeness (QED) is 0.834. The normalized spacial score (nSPS) is 11.9. The van der Waals surface area contributed by atoms with Crippen LogP contribution in [-0.4, -0.2) is 22.6 Å². The van der Waals surface area contributed by atoms with Crippen LogP contribution in [0.25, 0.3) is 0 Å². The Kier molecular flexibility index (Phi) is 4.72. The van der Waals surface area contributed by atoms with E-state index in [1.165, 1.54) is 0 Å². The molecular formula is C15H20N4. The zero-order valence-electron chi connectivity index (χ0n) is 11.4. The molecule has 0 fully saturated rings. The summed E-state index contributed by atoms with van der Waals surface area (Å²) in [5, 5.41) is 6.68. The van der Waals surface area contributed by atoms with Gasteiger partial charge in [0.25, 0.3) is 0 Å². The van der Waals surface area contributed by atoms with Crippen molar-refractivity contribution in [2.75, 3.05) is 17.2 Å². The van der Waals surface area contributed by atoms with Crippen molar-refractivity contribution in [2.24, 2.45) is 0 Å². The smallest absolute Gasteiger partial charge is 0.222 e. The molecule has 0 saturated heterocycles. The minimum atomic E-state index is 0.302. The van der Waals surface area contributed by atoms with E-state index in [-0.39, 0.29) is 0 Å². The number of nitrogens with zero attached hydrogens (tertiary/aromatic N) is 2. The van der Waals surface area contributed by atoms with E-state index in [4.69, 9.17) is 0 Å². The standard InChI is InChI=1S/C15H20N4/c1-3-13-9-10-16-15(19-13)17-11-12(2)18-14-7-5-4-6-8-14/h4-10,12,18H,3,11H2,1-2H3,(H,16,17,19). The second-order valence-electron chi connectivity index (χ2n) is 4.52. The highest BCUT2D eigenvalue weighted by Gasteiger charge is 2.03. The maximum atomic E-state index is 4.42. The second-order valence-corrected chi connectivity index (χ2v) is 4.52. The summed E-state index contributed by atoms with van der Waals surface area (Å²) in [6, 6.07) is 12.4. The Morgan fingerprint density at radius 3 is 2.68 bits per heavy atom. The van der Waals surface area contributed by atoms with E-state index in [0.717, 1.165) is 24.3 Å². The third-order valence-corrected chi connectivity index (χ3v) is 2.83. The highest BCUT2D eigenvalue weighted by atomic mass is 15.1. The first-order valence-corrected chi connectivity index (χ1v) is 6.65. The van der Waals surface area contributed by atoms with Gasteiger partial charge in [0.2, 0.25) is 5.95 Å². The fraction of sp³-hybridized carbons (Fsp3) is 0.333. The number of hydrogen-bond donors (Lipinski definition) is 2. The largest absolute Gasteiger partial charge is 0.381 e. The van der Waals surface area contributed by atoms with Crippen LogP contribution in [0.15, 0.2) is 42.6 Å². The molecule has 0 radical (unpaired) electrons. The average molecular weight is 256 g/mol. The van der Waals surface area contributed by atoms with E-state index in [0.29, 0.717) is 12.0 Å². The SMILES string of the molecule is CCc1ccnc(NCC(C)Nc2ccccc2)n1. The predicted octanol–water partition coefficient (Wildman–Crippen LogP) is 2.95. The molecule has 2 aromatic rings. The molecule has 100 valence electrons. The maximum absolute atomic E-state index is 4.42. The van der Waals surface area contributed by atoms with Crippen molar-refractivity contribution in [1.82, 2.24) is 9.97 Å². The summed E-state index contributed by atoms with van der Waals surface area (Å²) in [5.41, 5.74) is 2.18. The fourth-order valence-electron chi connectivity index (χ4n) is 1.79. The second kappa shape index (κ2) is 6.73. The molecule has 19 heavy (non-hydrogen) atoms. The van der Waals surface area contributed by atoms with E-state index >= 15 is 0 Å². The molecular weight excluding hydrogens is 236 g/mol. The molecule has 1 unspecified atom stereocenters. The Hall–Kier alpha value is -2.10. The number of benzene rings is 1. The topological polar surface area (TPSA) is 49.8 Å². The molecule has 0 aliphatic carbocycles. The Morgan fingerprint density at radius 1 is 1.16 bits per heavy atom. The molecule has 0 aliphatic rings. The fourth-order valence-corrected chi connectivity index (χ4v) is 1.79. The first kappa shape index (κ1) is 13.3. The summed E-state index contributed by atoms with van der Waals surface area (Å²) >= 11 is 0. The number of nitrogens with one attached hydrogen (secondary N) is 2. The summed E-state index contributed by atoms with van der Waals surface area (Å²) in [5.74, 6) is 0.695. The van der Waals surface area contributed by atoms with Gasteiger partial charge in [0.1, 0.15) is 0 Å². The molecule has 1 aromatic heterocycles. The zero-order chi connectivity index (χ0) is 13.5. The Balaban J connectivity index is 1.84. The molecule has 1 atom stereocenters. The summed E-state index contributed by atoms with van der Waals surface area (Å²) in [6.45, 7) is 5.00. The van der Waals surface area contributed by atoms with Gasteiger partial charge in [-0.1, -0.05) is 25.1 Å². The van der Waals surface area contributed by atoms with E-state index in [9.17, 15) is 0 Å². The van der Waals surface area contributed by atoms with Crippen LogP contribution in [0.2, 0.25) is 0 Å². The number of aryl methyl sites for hydroxylation is 1. The third kappa shape index (κ3) is 4.25. The van der Waals surface area contributed by atoms with Gasteiger partial charge in [0, 0.05) is 30.2 Å². The van der Waals surface area contributed by atoms with Crippen molar-refractivity contribution >= 4 is 11.6 Å². The first-order chi connectivity index (χ1) is 9.28. The summed E-state index contributed by atoms with van der Waals surface area (Å²) in [4.78, 5) is 8.64. The van der Waals surface area contributed by atoms with Crippen molar-refractivity contribution in [3.63, 3.8) is 0 Å². The molecule has 4 nitrogen and oxygen atoms in total.